The molecule has 0 saturated heterocycles. The van der Waals surface area contributed by atoms with Crippen LogP contribution in [0.15, 0.2) is 11.6 Å². The van der Waals surface area contributed by atoms with Gasteiger partial charge in [0.25, 0.3) is 0 Å². The number of allylic oxidation sites excluding steroid dienone is 1. The normalized spacial score (nSPS) is 36.1. The number of hydrogen-bond acceptors (Lipinski definition) is 6. The van der Waals surface area contributed by atoms with Gasteiger partial charge in [-0.1, -0.05) is 32.4 Å². The zero-order chi connectivity index (χ0) is 30.2. The minimum absolute atomic E-state index is 0.0420. The molecule has 0 aromatic carbocycles. The van der Waals surface area contributed by atoms with Gasteiger partial charge >= 0.3 is 18.0 Å². The first kappa shape index (κ1) is 31.8. The highest BCUT2D eigenvalue weighted by molar-refractivity contribution is 5.80. The molecule has 0 radical (unpaired) electrons. The van der Waals surface area contributed by atoms with Crippen molar-refractivity contribution in [3.8, 4) is 0 Å². The summed E-state index contributed by atoms with van der Waals surface area (Å²) in [5, 5.41) is 15.6. The molecule has 8 heteroatoms. The smallest absolute Gasteiger partial charge is 0.408 e. The molecule has 1 unspecified atom stereocenters. The first-order chi connectivity index (χ1) is 19.1. The van der Waals surface area contributed by atoms with Gasteiger partial charge in [0.15, 0.2) is 0 Å². The highest BCUT2D eigenvalue weighted by atomic mass is 16.6. The summed E-state index contributed by atoms with van der Waals surface area (Å²) in [6, 6.07) is -0.981. The molecule has 0 heterocycles. The van der Waals surface area contributed by atoms with E-state index in [0.717, 1.165) is 50.0 Å². The van der Waals surface area contributed by atoms with Crippen molar-refractivity contribution in [1.82, 2.24) is 10.6 Å². The minimum atomic E-state index is -1.05. The maximum absolute atomic E-state index is 12.1. The zero-order valence-corrected chi connectivity index (χ0v) is 26.4. The van der Waals surface area contributed by atoms with Crippen molar-refractivity contribution in [2.45, 2.75) is 124 Å². The van der Waals surface area contributed by atoms with E-state index in [1.165, 1.54) is 38.2 Å². The van der Waals surface area contributed by atoms with Crippen LogP contribution in [0, 0.1) is 40.4 Å². The number of carboxylic acids is 1. The van der Waals surface area contributed by atoms with Crippen molar-refractivity contribution in [3.05, 3.63) is 11.6 Å². The third-order valence-electron chi connectivity index (χ3n) is 11.2. The fraction of sp³-hybridized carbons (Fsp3) is 0.848. The second-order valence-corrected chi connectivity index (χ2v) is 15.0. The quantitative estimate of drug-likeness (QED) is 0.173. The number of hydrogen-bond donors (Lipinski definition) is 3. The van der Waals surface area contributed by atoms with Gasteiger partial charge in [0.1, 0.15) is 17.7 Å². The molecule has 9 atom stereocenters. The Morgan fingerprint density at radius 1 is 1.10 bits per heavy atom. The van der Waals surface area contributed by atoms with Crippen LogP contribution in [0.4, 0.5) is 4.79 Å². The lowest BCUT2D eigenvalue weighted by molar-refractivity contribution is -0.148. The lowest BCUT2D eigenvalue weighted by Crippen LogP contribution is -2.51. The first-order valence-corrected chi connectivity index (χ1v) is 15.9. The van der Waals surface area contributed by atoms with Crippen LogP contribution in [0.5, 0.6) is 0 Å². The molecule has 8 nitrogen and oxygen atoms in total. The number of ether oxygens (including phenoxy) is 2. The topological polar surface area (TPSA) is 114 Å². The molecule has 232 valence electrons. The molecule has 0 aromatic heterocycles. The molecule has 3 N–H and O–H groups in total. The van der Waals surface area contributed by atoms with E-state index in [2.05, 4.69) is 37.5 Å². The Morgan fingerprint density at radius 2 is 1.83 bits per heavy atom. The van der Waals surface area contributed by atoms with Gasteiger partial charge in [0.2, 0.25) is 0 Å². The summed E-state index contributed by atoms with van der Waals surface area (Å²) in [5.41, 5.74) is 1.43. The third-order valence-corrected chi connectivity index (χ3v) is 11.2. The highest BCUT2D eigenvalue weighted by Crippen LogP contribution is 2.67. The number of carboxylic acid groups (broad SMARTS) is 1. The predicted octanol–water partition coefficient (Wildman–Crippen LogP) is 6.09. The molecule has 1 amide bonds. The van der Waals surface area contributed by atoms with E-state index in [1.54, 1.807) is 20.8 Å². The molecule has 0 spiro atoms. The van der Waals surface area contributed by atoms with Gasteiger partial charge in [-0.2, -0.15) is 0 Å². The van der Waals surface area contributed by atoms with Gasteiger partial charge in [-0.05, 0) is 126 Å². The van der Waals surface area contributed by atoms with Crippen molar-refractivity contribution in [3.63, 3.8) is 0 Å². The van der Waals surface area contributed by atoms with Gasteiger partial charge in [0, 0.05) is 13.3 Å². The maximum atomic E-state index is 12.1. The number of amides is 1. The highest BCUT2D eigenvalue weighted by Gasteiger charge is 2.59. The van der Waals surface area contributed by atoms with Crippen molar-refractivity contribution in [1.29, 1.82) is 0 Å². The molecule has 4 aliphatic rings. The Bertz CT molecular complexity index is 1020. The Hall–Kier alpha value is -2.09. The lowest BCUT2D eigenvalue weighted by Gasteiger charge is -2.58. The molecular weight excluding hydrogens is 520 g/mol. The zero-order valence-electron chi connectivity index (χ0n) is 26.4. The van der Waals surface area contributed by atoms with Crippen LogP contribution in [-0.2, 0) is 19.1 Å². The van der Waals surface area contributed by atoms with Gasteiger partial charge in [0.05, 0.1) is 0 Å². The van der Waals surface area contributed by atoms with Gasteiger partial charge in [-0.3, -0.25) is 4.79 Å². The number of carbonyl (C=O) groups excluding carboxylic acids is 2. The molecule has 0 bridgehead atoms. The van der Waals surface area contributed by atoms with Crippen molar-refractivity contribution < 1.29 is 29.0 Å². The van der Waals surface area contributed by atoms with Crippen molar-refractivity contribution in [2.75, 3.05) is 13.1 Å². The van der Waals surface area contributed by atoms with Crippen LogP contribution in [-0.4, -0.2) is 54.0 Å². The molecule has 0 aromatic rings. The van der Waals surface area contributed by atoms with E-state index >= 15 is 0 Å². The second kappa shape index (κ2) is 12.3. The third kappa shape index (κ3) is 6.94. The van der Waals surface area contributed by atoms with Crippen molar-refractivity contribution >= 4 is 18.0 Å². The summed E-state index contributed by atoms with van der Waals surface area (Å²) in [7, 11) is 0. The Labute approximate surface area is 246 Å². The van der Waals surface area contributed by atoms with Crippen LogP contribution in [0.3, 0.4) is 0 Å². The SMILES string of the molecule is CC(=O)O[C@H]1CC[C@@]2(C)C(=CCC3[C@@H]4CC[C@H]([C@H](C)CNCC[C@H](NC(=O)OC(C)(C)C)C(=O)O)[C@@]4(C)CC[C@@H]32)C1. The van der Waals surface area contributed by atoms with Crippen LogP contribution in [0.1, 0.15) is 106 Å². The van der Waals surface area contributed by atoms with Crippen LogP contribution in [0.25, 0.3) is 0 Å². The fourth-order valence-corrected chi connectivity index (χ4v) is 9.36. The fourth-order valence-electron chi connectivity index (χ4n) is 9.36. The predicted molar refractivity (Wildman–Crippen MR) is 158 cm³/mol. The molecule has 0 aliphatic heterocycles. The number of carbonyl (C=O) groups is 3. The summed E-state index contributed by atoms with van der Waals surface area (Å²) >= 11 is 0. The van der Waals surface area contributed by atoms with E-state index < -0.39 is 23.7 Å². The van der Waals surface area contributed by atoms with E-state index in [4.69, 9.17) is 9.47 Å². The summed E-state index contributed by atoms with van der Waals surface area (Å²) in [4.78, 5) is 35.3. The van der Waals surface area contributed by atoms with E-state index in [9.17, 15) is 19.5 Å². The Kier molecular flexibility index (Phi) is 9.52. The molecule has 4 rings (SSSR count). The van der Waals surface area contributed by atoms with Crippen LogP contribution >= 0.6 is 0 Å². The van der Waals surface area contributed by atoms with E-state index in [1.807, 2.05) is 0 Å². The number of fused-ring (bicyclic) bond motifs is 5. The monoisotopic (exact) mass is 574 g/mol. The molecule has 41 heavy (non-hydrogen) atoms. The maximum Gasteiger partial charge on any atom is 0.408 e. The minimum Gasteiger partial charge on any atom is -0.480 e. The molecule has 3 saturated carbocycles. The molecular formula is C33H54N2O6. The summed E-state index contributed by atoms with van der Waals surface area (Å²) in [6.07, 6.45) is 11.4. The molecule has 4 aliphatic carbocycles. The number of esters is 1. The van der Waals surface area contributed by atoms with Gasteiger partial charge in [-0.15, -0.1) is 0 Å². The lowest BCUT2D eigenvalue weighted by atomic mass is 9.47. The number of rotatable bonds is 9. The summed E-state index contributed by atoms with van der Waals surface area (Å²) < 4.78 is 10.8. The van der Waals surface area contributed by atoms with E-state index in [-0.39, 0.29) is 17.5 Å². The molecule has 3 fully saturated rings. The second-order valence-electron chi connectivity index (χ2n) is 15.0. The standard InChI is InChI=1S/C33H54N2O6/c1-20(19-34-17-14-28(29(37)38)35-30(39)41-31(3,4)5)25-10-11-26-24-9-8-22-18-23(40-21(2)36)12-15-32(22,6)27(24)13-16-33(25,26)7/h8,20,23-28,34H,9-19H2,1-7H3,(H,35,39)(H,37,38)/t20-,23+,24?,25-,26+,27+,28+,32+,33-/m1/s1. The summed E-state index contributed by atoms with van der Waals surface area (Å²) in [5.74, 6) is 2.11. The van der Waals surface area contributed by atoms with Crippen molar-refractivity contribution in [2.24, 2.45) is 40.4 Å². The summed E-state index contributed by atoms with van der Waals surface area (Å²) in [6.45, 7) is 15.5. The number of aliphatic carboxylic acids is 1. The Morgan fingerprint density at radius 3 is 2.49 bits per heavy atom. The van der Waals surface area contributed by atoms with Gasteiger partial charge in [-0.25, -0.2) is 9.59 Å². The Balaban J connectivity index is 1.31. The van der Waals surface area contributed by atoms with E-state index in [0.29, 0.717) is 30.2 Å². The largest absolute Gasteiger partial charge is 0.480 e. The van der Waals surface area contributed by atoms with Crippen LogP contribution < -0.4 is 10.6 Å². The first-order valence-electron chi connectivity index (χ1n) is 15.9. The average Bonchev–Trinajstić information content (AvgIpc) is 3.21. The van der Waals surface area contributed by atoms with Crippen LogP contribution in [0.2, 0.25) is 0 Å². The van der Waals surface area contributed by atoms with Gasteiger partial charge < -0.3 is 25.2 Å². The number of alkyl carbamates (subject to hydrolysis) is 1. The average molecular weight is 575 g/mol. The number of nitrogens with one attached hydrogen (secondary N) is 2.